The van der Waals surface area contributed by atoms with Gasteiger partial charge in [-0.2, -0.15) is 0 Å². The lowest BCUT2D eigenvalue weighted by Gasteiger charge is -2.40. The van der Waals surface area contributed by atoms with Crippen molar-refractivity contribution >= 4 is 17.8 Å². The quantitative estimate of drug-likeness (QED) is 0.576. The van der Waals surface area contributed by atoms with E-state index in [9.17, 15) is 4.79 Å². The van der Waals surface area contributed by atoms with E-state index >= 15 is 0 Å². The lowest BCUT2D eigenvalue weighted by molar-refractivity contribution is -0.159. The summed E-state index contributed by atoms with van der Waals surface area (Å²) in [5.74, 6) is -3.38. The molecule has 3 unspecified atom stereocenters. The van der Waals surface area contributed by atoms with Crippen molar-refractivity contribution in [1.29, 1.82) is 0 Å². The summed E-state index contributed by atoms with van der Waals surface area (Å²) in [5, 5.41) is 18.2. The Kier molecular flexibility index (Phi) is 11.8. The van der Waals surface area contributed by atoms with E-state index in [0.29, 0.717) is 12.1 Å². The number of piperidine rings is 1. The van der Waals surface area contributed by atoms with Crippen molar-refractivity contribution in [2.75, 3.05) is 26.2 Å². The number of likely N-dealkylation sites (tertiary alicyclic amines) is 1. The van der Waals surface area contributed by atoms with Crippen LogP contribution >= 0.6 is 0 Å². The van der Waals surface area contributed by atoms with Gasteiger partial charge >= 0.3 is 11.9 Å². The van der Waals surface area contributed by atoms with Crippen LogP contribution in [0.4, 0.5) is 0 Å². The third kappa shape index (κ3) is 8.62. The number of nitrogens with one attached hydrogen (secondary N) is 1. The number of amides is 1. The number of carbonyl (C=O) groups is 3. The highest BCUT2D eigenvalue weighted by molar-refractivity contribution is 6.27. The largest absolute Gasteiger partial charge is 0.473 e. The van der Waals surface area contributed by atoms with E-state index in [4.69, 9.17) is 19.8 Å². The van der Waals surface area contributed by atoms with Crippen LogP contribution in [0.15, 0.2) is 0 Å². The molecule has 3 atom stereocenters. The average molecular weight is 373 g/mol. The van der Waals surface area contributed by atoms with E-state index in [0.717, 1.165) is 39.0 Å². The molecule has 1 rings (SSSR count). The van der Waals surface area contributed by atoms with E-state index in [1.54, 1.807) is 0 Å². The Balaban J connectivity index is 0.000000896. The number of rotatable bonds is 7. The molecule has 0 bridgehead atoms. The first-order chi connectivity index (χ1) is 12.1. The minimum Gasteiger partial charge on any atom is -0.473 e. The summed E-state index contributed by atoms with van der Waals surface area (Å²) in [6.07, 6.45) is 3.53. The van der Waals surface area contributed by atoms with Crippen LogP contribution in [0.2, 0.25) is 0 Å². The Hall–Kier alpha value is -1.67. The van der Waals surface area contributed by atoms with Gasteiger partial charge in [-0.1, -0.05) is 13.8 Å². The summed E-state index contributed by atoms with van der Waals surface area (Å²) >= 11 is 0. The molecule has 0 aromatic rings. The Bertz CT molecular complexity index is 432. The third-order valence-corrected chi connectivity index (χ3v) is 4.77. The van der Waals surface area contributed by atoms with Crippen LogP contribution in [0.25, 0.3) is 0 Å². The first-order valence-electron chi connectivity index (χ1n) is 9.39. The van der Waals surface area contributed by atoms with Crippen molar-refractivity contribution < 1.29 is 24.6 Å². The van der Waals surface area contributed by atoms with E-state index in [2.05, 4.69) is 42.8 Å². The van der Waals surface area contributed by atoms with Gasteiger partial charge in [-0.15, -0.1) is 0 Å². The maximum absolute atomic E-state index is 12.6. The van der Waals surface area contributed by atoms with Crippen LogP contribution in [-0.4, -0.2) is 82.2 Å². The molecule has 1 saturated heterocycles. The number of hydrogen-bond acceptors (Lipinski definition) is 5. The highest BCUT2D eigenvalue weighted by Crippen LogP contribution is 2.23. The van der Waals surface area contributed by atoms with Gasteiger partial charge in [-0.25, -0.2) is 9.59 Å². The number of nitrogens with zero attached hydrogens (tertiary/aromatic N) is 2. The number of carbonyl (C=O) groups excluding carboxylic acids is 1. The fourth-order valence-electron chi connectivity index (χ4n) is 3.15. The zero-order valence-corrected chi connectivity index (χ0v) is 16.7. The lowest BCUT2D eigenvalue weighted by Crippen LogP contribution is -2.54. The van der Waals surface area contributed by atoms with Crippen LogP contribution in [0, 0.1) is 0 Å². The van der Waals surface area contributed by atoms with Crippen LogP contribution in [0.5, 0.6) is 0 Å². The van der Waals surface area contributed by atoms with Crippen LogP contribution in [0.1, 0.15) is 53.9 Å². The van der Waals surface area contributed by atoms with Gasteiger partial charge in [0.15, 0.2) is 0 Å². The zero-order valence-electron chi connectivity index (χ0n) is 16.7. The van der Waals surface area contributed by atoms with Gasteiger partial charge in [0, 0.05) is 25.2 Å². The van der Waals surface area contributed by atoms with Crippen LogP contribution in [0.3, 0.4) is 0 Å². The van der Waals surface area contributed by atoms with Gasteiger partial charge < -0.3 is 25.3 Å². The molecule has 1 fully saturated rings. The molecule has 0 aromatic heterocycles. The summed E-state index contributed by atoms with van der Waals surface area (Å²) in [5.41, 5.74) is 0. The number of carboxylic acids is 2. The van der Waals surface area contributed by atoms with Gasteiger partial charge in [0.25, 0.3) is 0 Å². The molecule has 3 N–H and O–H groups in total. The Morgan fingerprint density at radius 3 is 1.92 bits per heavy atom. The van der Waals surface area contributed by atoms with E-state index in [1.807, 2.05) is 6.92 Å². The monoisotopic (exact) mass is 373 g/mol. The number of aliphatic carboxylic acids is 2. The maximum atomic E-state index is 12.6. The summed E-state index contributed by atoms with van der Waals surface area (Å²) in [6.45, 7) is 14.7. The SMILES string of the molecule is CCN(CC)CCNC(C)C(=O)N1C(C)CCCC1C.O=C(O)C(=O)O. The fraction of sp³-hybridized carbons (Fsp3) is 0.833. The molecule has 8 nitrogen and oxygen atoms in total. The molecule has 1 amide bonds. The van der Waals surface area contributed by atoms with Crippen LogP contribution < -0.4 is 5.32 Å². The molecular formula is C18H35N3O5. The first-order valence-corrected chi connectivity index (χ1v) is 9.39. The molecule has 26 heavy (non-hydrogen) atoms. The second kappa shape index (κ2) is 12.6. The Labute approximate surface area is 156 Å². The smallest absolute Gasteiger partial charge is 0.414 e. The summed E-state index contributed by atoms with van der Waals surface area (Å²) in [4.78, 5) is 35.2. The van der Waals surface area contributed by atoms with Crippen molar-refractivity contribution in [2.45, 2.75) is 72.0 Å². The number of carboxylic acid groups (broad SMARTS) is 2. The molecule has 1 heterocycles. The molecule has 0 spiro atoms. The summed E-state index contributed by atoms with van der Waals surface area (Å²) in [6, 6.07) is 0.699. The molecule has 152 valence electrons. The highest BCUT2D eigenvalue weighted by atomic mass is 16.4. The first kappa shape index (κ1) is 24.3. The third-order valence-electron chi connectivity index (χ3n) is 4.77. The van der Waals surface area contributed by atoms with Gasteiger partial charge in [-0.05, 0) is 53.1 Å². The zero-order chi connectivity index (χ0) is 20.3. The standard InChI is InChI=1S/C16H33N3O.C2H2O4/c1-6-18(7-2)12-11-17-15(5)16(20)19-13(3)9-8-10-14(19)4;3-1(4)2(5)6/h13-15,17H,6-12H2,1-5H3;(H,3,4)(H,5,6). The van der Waals surface area contributed by atoms with Crippen molar-refractivity contribution in [3.63, 3.8) is 0 Å². The summed E-state index contributed by atoms with van der Waals surface area (Å²) in [7, 11) is 0. The molecule has 0 aliphatic carbocycles. The molecule has 8 heteroatoms. The predicted octanol–water partition coefficient (Wildman–Crippen LogP) is 1.25. The Morgan fingerprint density at radius 2 is 1.54 bits per heavy atom. The maximum Gasteiger partial charge on any atom is 0.414 e. The van der Waals surface area contributed by atoms with Crippen molar-refractivity contribution in [3.8, 4) is 0 Å². The van der Waals surface area contributed by atoms with Gasteiger partial charge in [0.2, 0.25) is 5.91 Å². The Morgan fingerprint density at radius 1 is 1.08 bits per heavy atom. The normalized spacial score (nSPS) is 20.9. The van der Waals surface area contributed by atoms with Crippen molar-refractivity contribution in [1.82, 2.24) is 15.1 Å². The second-order valence-corrected chi connectivity index (χ2v) is 6.69. The highest BCUT2D eigenvalue weighted by Gasteiger charge is 2.31. The van der Waals surface area contributed by atoms with Crippen molar-refractivity contribution in [3.05, 3.63) is 0 Å². The number of likely N-dealkylation sites (N-methyl/N-ethyl adjacent to an activating group) is 1. The lowest BCUT2D eigenvalue weighted by atomic mass is 9.96. The molecule has 1 aliphatic heterocycles. The molecule has 0 saturated carbocycles. The van der Waals surface area contributed by atoms with Gasteiger partial charge in [0.1, 0.15) is 0 Å². The topological polar surface area (TPSA) is 110 Å². The fourth-order valence-corrected chi connectivity index (χ4v) is 3.15. The van der Waals surface area contributed by atoms with Gasteiger partial charge in [-0.3, -0.25) is 4.79 Å². The van der Waals surface area contributed by atoms with E-state index < -0.39 is 11.9 Å². The predicted molar refractivity (Wildman–Crippen MR) is 100 cm³/mol. The summed E-state index contributed by atoms with van der Waals surface area (Å²) < 4.78 is 0. The minimum absolute atomic E-state index is 0.0754. The van der Waals surface area contributed by atoms with E-state index in [1.165, 1.54) is 6.42 Å². The molecule has 1 aliphatic rings. The van der Waals surface area contributed by atoms with Crippen molar-refractivity contribution in [2.24, 2.45) is 0 Å². The van der Waals surface area contributed by atoms with E-state index in [-0.39, 0.29) is 11.9 Å². The second-order valence-electron chi connectivity index (χ2n) is 6.69. The molecular weight excluding hydrogens is 338 g/mol. The number of hydrogen-bond donors (Lipinski definition) is 3. The van der Waals surface area contributed by atoms with Crippen LogP contribution in [-0.2, 0) is 14.4 Å². The molecule has 0 aromatic carbocycles. The average Bonchev–Trinajstić information content (AvgIpc) is 2.58. The van der Waals surface area contributed by atoms with Gasteiger partial charge in [0.05, 0.1) is 6.04 Å². The molecule has 0 radical (unpaired) electrons. The minimum atomic E-state index is -1.82.